The van der Waals surface area contributed by atoms with Gasteiger partial charge in [0.05, 0.1) is 79.5 Å². The lowest BCUT2D eigenvalue weighted by Gasteiger charge is -2.42. The topological polar surface area (TPSA) is 35.7 Å². The van der Waals surface area contributed by atoms with Crippen LogP contribution in [-0.2, 0) is 21.7 Å². The zero-order valence-electron chi connectivity index (χ0n) is 55.3. The molecule has 3 aromatic heterocycles. The highest BCUT2D eigenvalue weighted by Gasteiger charge is 2.41. The van der Waals surface area contributed by atoms with E-state index in [0.717, 1.165) is 77.9 Å². The third-order valence-corrected chi connectivity index (χ3v) is 22.3. The third kappa shape index (κ3) is 7.74. The van der Waals surface area contributed by atoms with E-state index in [-0.39, 0.29) is 21.7 Å². The predicted octanol–water partition coefficient (Wildman–Crippen LogP) is 23.7. The molecule has 0 aliphatic carbocycles. The molecule has 0 N–H and O–H groups in total. The number of fused-ring (bicyclic) bond motifs is 14. The van der Waals surface area contributed by atoms with Crippen LogP contribution in [0.15, 0.2) is 285 Å². The first-order valence-corrected chi connectivity index (χ1v) is 33.8. The van der Waals surface area contributed by atoms with Crippen LogP contribution in [-0.4, -0.2) is 14.1 Å². The summed E-state index contributed by atoms with van der Waals surface area (Å²) in [5, 5.41) is 4.61. The lowest BCUT2D eigenvalue weighted by Crippen LogP contribution is -2.30. The van der Waals surface area contributed by atoms with Gasteiger partial charge in [0.2, 0.25) is 0 Å². The molecule has 7 heteroatoms. The lowest BCUT2D eigenvalue weighted by atomic mass is 9.73. The summed E-state index contributed by atoms with van der Waals surface area (Å²) in [5.74, 6) is 0.839. The van der Waals surface area contributed by atoms with E-state index in [1.165, 1.54) is 90.0 Å². The second-order valence-electron chi connectivity index (χ2n) is 28.8. The first kappa shape index (κ1) is 56.2. The van der Waals surface area contributed by atoms with Crippen molar-refractivity contribution in [3.63, 3.8) is 0 Å². The first-order valence-electron chi connectivity index (χ1n) is 33.8. The second-order valence-corrected chi connectivity index (χ2v) is 28.8. The van der Waals surface area contributed by atoms with Crippen LogP contribution in [0, 0.1) is 0 Å². The SMILES string of the molecule is CC1(C)c2ccccc2N(c2ccc3c(c2)c2cc(N4c5ccccc5C(C)(C)c5ccccc54)ccc2n3-c2ccc(-n3c4ccc(N5c6ccccc6C(C)(C)c6ccccc65)cc4c4cc(N5c6ccccc6C(C)(C)c6ccccc65)ccc43)nc2)c2ccccc21. The minimum absolute atomic E-state index is 0.187. The van der Waals surface area contributed by atoms with Crippen LogP contribution < -0.4 is 19.6 Å². The summed E-state index contributed by atoms with van der Waals surface area (Å²) in [5.41, 5.74) is 29.0. The Hall–Kier alpha value is -11.4. The van der Waals surface area contributed by atoms with Gasteiger partial charge in [-0.2, -0.15) is 0 Å². The minimum atomic E-state index is -0.188. The van der Waals surface area contributed by atoms with Gasteiger partial charge in [0.1, 0.15) is 5.82 Å². The van der Waals surface area contributed by atoms with Crippen molar-refractivity contribution in [3.05, 3.63) is 330 Å². The molecule has 0 radical (unpaired) electrons. The Bertz CT molecular complexity index is 4900. The van der Waals surface area contributed by atoms with E-state index in [2.05, 4.69) is 369 Å². The number of anilines is 12. The molecule has 0 saturated heterocycles. The smallest absolute Gasteiger partial charge is 0.137 e. The molecule has 0 atom stereocenters. The normalized spacial score (nSPS) is 15.8. The van der Waals surface area contributed by atoms with Crippen LogP contribution >= 0.6 is 0 Å². The fourth-order valence-corrected chi connectivity index (χ4v) is 17.5. The lowest BCUT2D eigenvalue weighted by molar-refractivity contribution is 0.632. The van der Waals surface area contributed by atoms with Crippen molar-refractivity contribution in [2.45, 2.75) is 77.0 Å². The molecule has 0 saturated carbocycles. The maximum atomic E-state index is 5.58. The number of benzene rings is 12. The van der Waals surface area contributed by atoms with E-state index < -0.39 is 0 Å². The molecule has 0 spiro atoms. The van der Waals surface area contributed by atoms with Gasteiger partial charge in [-0.25, -0.2) is 4.98 Å². The highest BCUT2D eigenvalue weighted by atomic mass is 15.2. The molecule has 0 bridgehead atoms. The molecule has 0 amide bonds. The maximum absolute atomic E-state index is 5.58. The summed E-state index contributed by atoms with van der Waals surface area (Å²) in [6.45, 7) is 18.8. The van der Waals surface area contributed by atoms with Gasteiger partial charge < -0.3 is 24.2 Å². The highest BCUT2D eigenvalue weighted by Crippen LogP contribution is 2.58. The fourth-order valence-electron chi connectivity index (χ4n) is 17.5. The van der Waals surface area contributed by atoms with Crippen LogP contribution in [0.3, 0.4) is 0 Å². The van der Waals surface area contributed by atoms with Crippen molar-refractivity contribution >= 4 is 112 Å². The summed E-state index contributed by atoms with van der Waals surface area (Å²) in [4.78, 5) is 15.5. The maximum Gasteiger partial charge on any atom is 0.137 e. The van der Waals surface area contributed by atoms with Crippen LogP contribution in [0.25, 0.3) is 55.1 Å². The standard InChI is InChI=1S/C89H71N7/c1-86(2)65-25-9-17-33-77(65)91(78-34-18-10-26-66(78)86)56-41-46-73-61(51-56)62-52-57(92-79-35-19-11-27-67(79)87(3,4)68-28-12-20-36-80(68)92)42-47-74(62)95(73)60-45-50-85(90-55-60)96-75-48-43-58(93-81-37-21-13-29-69(81)88(5,6)70-30-14-22-38-82(70)93)53-63(75)64-54-59(44-49-76(64)96)94-83-39-23-15-31-71(83)89(7,8)72-32-16-24-40-84(72)94/h9-55H,1-8H3. The zero-order chi connectivity index (χ0) is 64.7. The summed E-state index contributed by atoms with van der Waals surface area (Å²) in [7, 11) is 0. The van der Waals surface area contributed by atoms with E-state index in [1.54, 1.807) is 0 Å². The third-order valence-electron chi connectivity index (χ3n) is 22.3. The van der Waals surface area contributed by atoms with E-state index in [0.29, 0.717) is 0 Å². The average molecular weight is 1240 g/mol. The molecular formula is C89H71N7. The Morgan fingerprint density at radius 3 is 0.646 bits per heavy atom. The van der Waals surface area contributed by atoms with Gasteiger partial charge in [0, 0.05) is 66.0 Å². The second kappa shape index (κ2) is 20.1. The molecule has 0 fully saturated rings. The molecule has 19 rings (SSSR count). The zero-order valence-corrected chi connectivity index (χ0v) is 55.3. The van der Waals surface area contributed by atoms with Gasteiger partial charge in [-0.1, -0.05) is 201 Å². The number of hydrogen-bond acceptors (Lipinski definition) is 5. The molecule has 0 unspecified atom stereocenters. The molecule has 4 aliphatic rings. The van der Waals surface area contributed by atoms with Gasteiger partial charge >= 0.3 is 0 Å². The number of pyridine rings is 1. The Balaban J connectivity index is 0.807. The Labute approximate surface area is 560 Å². The summed E-state index contributed by atoms with van der Waals surface area (Å²) >= 11 is 0. The highest BCUT2D eigenvalue weighted by molar-refractivity contribution is 6.14. The number of para-hydroxylation sites is 8. The molecule has 96 heavy (non-hydrogen) atoms. The Morgan fingerprint density at radius 1 is 0.219 bits per heavy atom. The summed E-state index contributed by atoms with van der Waals surface area (Å²) in [6.07, 6.45) is 2.08. The van der Waals surface area contributed by atoms with Crippen molar-refractivity contribution in [1.29, 1.82) is 0 Å². The van der Waals surface area contributed by atoms with Gasteiger partial charge in [-0.3, -0.25) is 4.57 Å². The predicted molar refractivity (Wildman–Crippen MR) is 400 cm³/mol. The van der Waals surface area contributed by atoms with Crippen molar-refractivity contribution < 1.29 is 0 Å². The average Bonchev–Trinajstić information content (AvgIpc) is 0.969. The molecule has 462 valence electrons. The van der Waals surface area contributed by atoms with Gasteiger partial charge in [-0.05, 0) is 178 Å². The van der Waals surface area contributed by atoms with Crippen LogP contribution in [0.4, 0.5) is 68.2 Å². The van der Waals surface area contributed by atoms with Crippen LogP contribution in [0.5, 0.6) is 0 Å². The molecule has 12 aromatic carbocycles. The monoisotopic (exact) mass is 1240 g/mol. The number of aromatic nitrogens is 3. The van der Waals surface area contributed by atoms with Crippen LogP contribution in [0.2, 0.25) is 0 Å². The summed E-state index contributed by atoms with van der Waals surface area (Å²) < 4.78 is 4.80. The van der Waals surface area contributed by atoms with E-state index in [9.17, 15) is 0 Å². The van der Waals surface area contributed by atoms with Crippen molar-refractivity contribution in [2.75, 3.05) is 19.6 Å². The minimum Gasteiger partial charge on any atom is -0.310 e. The quantitative estimate of drug-likeness (QED) is 0.166. The van der Waals surface area contributed by atoms with E-state index in [4.69, 9.17) is 4.98 Å². The molecule has 7 heterocycles. The van der Waals surface area contributed by atoms with Crippen molar-refractivity contribution in [1.82, 2.24) is 14.1 Å². The Kier molecular flexibility index (Phi) is 11.7. The largest absolute Gasteiger partial charge is 0.310 e. The first-order chi connectivity index (χ1) is 46.7. The number of nitrogens with zero attached hydrogens (tertiary/aromatic N) is 7. The Morgan fingerprint density at radius 2 is 0.427 bits per heavy atom. The van der Waals surface area contributed by atoms with E-state index in [1.807, 2.05) is 0 Å². The molecule has 7 nitrogen and oxygen atoms in total. The molecule has 15 aromatic rings. The summed E-state index contributed by atoms with van der Waals surface area (Å²) in [6, 6.07) is 104. The number of rotatable bonds is 6. The van der Waals surface area contributed by atoms with Gasteiger partial charge in [-0.15, -0.1) is 0 Å². The van der Waals surface area contributed by atoms with Gasteiger partial charge in [0.15, 0.2) is 0 Å². The van der Waals surface area contributed by atoms with Crippen LogP contribution in [0.1, 0.15) is 99.9 Å². The van der Waals surface area contributed by atoms with E-state index >= 15 is 0 Å². The van der Waals surface area contributed by atoms with Crippen molar-refractivity contribution in [3.8, 4) is 11.5 Å². The molecule has 4 aliphatic heterocycles. The van der Waals surface area contributed by atoms with Gasteiger partial charge in [0.25, 0.3) is 0 Å². The van der Waals surface area contributed by atoms with Crippen molar-refractivity contribution in [2.24, 2.45) is 0 Å². The fraction of sp³-hybridized carbons (Fsp3) is 0.135. The number of hydrogen-bond donors (Lipinski definition) is 0. The molecular weight excluding hydrogens is 1170 g/mol.